The maximum absolute atomic E-state index is 12.9. The van der Waals surface area contributed by atoms with Gasteiger partial charge in [0.15, 0.2) is 0 Å². The number of para-hydroxylation sites is 1. The van der Waals surface area contributed by atoms with Crippen LogP contribution >= 0.6 is 15.9 Å². The highest BCUT2D eigenvalue weighted by molar-refractivity contribution is 9.10. The van der Waals surface area contributed by atoms with E-state index in [1.807, 2.05) is 0 Å². The van der Waals surface area contributed by atoms with Crippen molar-refractivity contribution in [3.8, 4) is 0 Å². The lowest BCUT2D eigenvalue weighted by molar-refractivity contribution is -0.137. The maximum Gasteiger partial charge on any atom is 0.303 e. The molecule has 0 saturated carbocycles. The summed E-state index contributed by atoms with van der Waals surface area (Å²) in [5.74, 6) is -1.78. The fourth-order valence-corrected chi connectivity index (χ4v) is 2.60. The van der Waals surface area contributed by atoms with Gasteiger partial charge in [0.25, 0.3) is 5.91 Å². The van der Waals surface area contributed by atoms with Crippen LogP contribution < -0.4 is 10.4 Å². The maximum atomic E-state index is 12.9. The molecule has 2 aromatic carbocycles. The van der Waals surface area contributed by atoms with Gasteiger partial charge in [-0.05, 0) is 46.6 Å². The summed E-state index contributed by atoms with van der Waals surface area (Å²) < 4.78 is 0.612. The van der Waals surface area contributed by atoms with E-state index in [9.17, 15) is 14.4 Å². The van der Waals surface area contributed by atoms with E-state index in [-0.39, 0.29) is 19.3 Å². The molecular formula is C18H17BrN2O4. The van der Waals surface area contributed by atoms with E-state index >= 15 is 0 Å². The third-order valence-electron chi connectivity index (χ3n) is 3.35. The molecule has 0 atom stereocenters. The molecule has 0 aliphatic carbocycles. The largest absolute Gasteiger partial charge is 0.481 e. The molecule has 2 N–H and O–H groups in total. The number of aliphatic carboxylic acids is 1. The second-order valence-corrected chi connectivity index (χ2v) is 6.09. The van der Waals surface area contributed by atoms with Crippen molar-refractivity contribution >= 4 is 39.4 Å². The lowest BCUT2D eigenvalue weighted by Crippen LogP contribution is -2.46. The topological polar surface area (TPSA) is 86.7 Å². The number of rotatable bonds is 6. The first-order chi connectivity index (χ1) is 12.0. The summed E-state index contributed by atoms with van der Waals surface area (Å²) in [6, 6.07) is 15.6. The van der Waals surface area contributed by atoms with Crippen LogP contribution in [0.3, 0.4) is 0 Å². The lowest BCUT2D eigenvalue weighted by atomic mass is 10.2. The fraction of sp³-hybridized carbons (Fsp3) is 0.167. The summed E-state index contributed by atoms with van der Waals surface area (Å²) in [5.41, 5.74) is 3.47. The van der Waals surface area contributed by atoms with Crippen molar-refractivity contribution < 1.29 is 19.5 Å². The Morgan fingerprint density at radius 1 is 0.960 bits per heavy atom. The number of amides is 2. The summed E-state index contributed by atoms with van der Waals surface area (Å²) in [5, 5.41) is 9.82. The summed E-state index contributed by atoms with van der Waals surface area (Å²) in [6.07, 6.45) is 0.114. The first kappa shape index (κ1) is 18.7. The molecule has 2 rings (SSSR count). The van der Waals surface area contributed by atoms with Crippen LogP contribution in [0.5, 0.6) is 0 Å². The van der Waals surface area contributed by atoms with Gasteiger partial charge in [0.05, 0.1) is 11.3 Å². The van der Waals surface area contributed by atoms with Crippen molar-refractivity contribution in [2.24, 2.45) is 0 Å². The number of halogens is 1. The summed E-state index contributed by atoms with van der Waals surface area (Å²) in [4.78, 5) is 35.5. The SMILES string of the molecule is O=C(O)CCCC(=O)NN(C(=O)c1ccccc1Br)c1ccccc1. The van der Waals surface area contributed by atoms with Crippen LogP contribution in [0.1, 0.15) is 29.6 Å². The average molecular weight is 405 g/mol. The highest BCUT2D eigenvalue weighted by Gasteiger charge is 2.21. The fourth-order valence-electron chi connectivity index (χ4n) is 2.15. The third kappa shape index (κ3) is 5.42. The highest BCUT2D eigenvalue weighted by atomic mass is 79.9. The first-order valence-corrected chi connectivity index (χ1v) is 8.43. The lowest BCUT2D eigenvalue weighted by Gasteiger charge is -2.24. The Balaban J connectivity index is 2.20. The minimum absolute atomic E-state index is 0.0128. The van der Waals surface area contributed by atoms with Crippen LogP contribution in [-0.4, -0.2) is 22.9 Å². The smallest absolute Gasteiger partial charge is 0.303 e. The highest BCUT2D eigenvalue weighted by Crippen LogP contribution is 2.21. The minimum Gasteiger partial charge on any atom is -0.481 e. The van der Waals surface area contributed by atoms with E-state index in [2.05, 4.69) is 21.4 Å². The minimum atomic E-state index is -0.961. The van der Waals surface area contributed by atoms with E-state index in [1.165, 1.54) is 5.01 Å². The summed E-state index contributed by atoms with van der Waals surface area (Å²) in [6.45, 7) is 0. The molecule has 0 aliphatic rings. The van der Waals surface area contributed by atoms with Gasteiger partial charge in [0, 0.05) is 17.3 Å². The first-order valence-electron chi connectivity index (χ1n) is 7.64. The number of hydrogen-bond acceptors (Lipinski definition) is 3. The van der Waals surface area contributed by atoms with Crippen LogP contribution in [-0.2, 0) is 9.59 Å². The number of hydrazine groups is 1. The summed E-state index contributed by atoms with van der Waals surface area (Å²) in [7, 11) is 0. The molecule has 7 heteroatoms. The Hall–Kier alpha value is -2.67. The number of anilines is 1. The Kier molecular flexibility index (Phi) is 6.71. The van der Waals surface area contributed by atoms with Crippen molar-refractivity contribution in [1.82, 2.24) is 5.43 Å². The average Bonchev–Trinajstić information content (AvgIpc) is 2.60. The van der Waals surface area contributed by atoms with Crippen LogP contribution in [0, 0.1) is 0 Å². The Morgan fingerprint density at radius 2 is 1.60 bits per heavy atom. The van der Waals surface area contributed by atoms with E-state index < -0.39 is 17.8 Å². The Bertz CT molecular complexity index is 765. The number of carboxylic acid groups (broad SMARTS) is 1. The van der Waals surface area contributed by atoms with Gasteiger partial charge in [-0.15, -0.1) is 0 Å². The van der Waals surface area contributed by atoms with Crippen molar-refractivity contribution in [2.45, 2.75) is 19.3 Å². The molecule has 0 aromatic heterocycles. The standard InChI is InChI=1S/C18H17BrN2O4/c19-15-10-5-4-9-14(15)18(25)21(13-7-2-1-3-8-13)20-16(22)11-6-12-17(23)24/h1-5,7-10H,6,11-12H2,(H,20,22)(H,23,24). The second-order valence-electron chi connectivity index (χ2n) is 5.24. The van der Waals surface area contributed by atoms with Gasteiger partial charge in [-0.1, -0.05) is 30.3 Å². The number of benzene rings is 2. The van der Waals surface area contributed by atoms with E-state index in [0.717, 1.165) is 0 Å². The van der Waals surface area contributed by atoms with Crippen LogP contribution in [0.15, 0.2) is 59.1 Å². The molecule has 0 heterocycles. The number of carbonyl (C=O) groups excluding carboxylic acids is 2. The molecule has 0 radical (unpaired) electrons. The van der Waals surface area contributed by atoms with Gasteiger partial charge < -0.3 is 5.11 Å². The van der Waals surface area contributed by atoms with Gasteiger partial charge >= 0.3 is 5.97 Å². The van der Waals surface area contributed by atoms with Gasteiger partial charge in [-0.3, -0.25) is 19.8 Å². The zero-order valence-corrected chi connectivity index (χ0v) is 14.9. The van der Waals surface area contributed by atoms with Gasteiger partial charge in [-0.2, -0.15) is 0 Å². The molecule has 2 amide bonds. The molecular weight excluding hydrogens is 388 g/mol. The molecule has 0 saturated heterocycles. The van der Waals surface area contributed by atoms with Crippen LogP contribution in [0.2, 0.25) is 0 Å². The number of hydrogen-bond donors (Lipinski definition) is 2. The molecule has 130 valence electrons. The molecule has 25 heavy (non-hydrogen) atoms. The summed E-state index contributed by atoms with van der Waals surface area (Å²) >= 11 is 3.34. The van der Waals surface area contributed by atoms with Crippen LogP contribution in [0.4, 0.5) is 5.69 Å². The monoisotopic (exact) mass is 404 g/mol. The Morgan fingerprint density at radius 3 is 2.24 bits per heavy atom. The van der Waals surface area contributed by atoms with E-state index in [1.54, 1.807) is 54.6 Å². The van der Waals surface area contributed by atoms with Crippen molar-refractivity contribution in [3.05, 3.63) is 64.6 Å². The second kappa shape index (κ2) is 8.98. The van der Waals surface area contributed by atoms with Gasteiger partial charge in [0.1, 0.15) is 0 Å². The molecule has 0 spiro atoms. The van der Waals surface area contributed by atoms with Gasteiger partial charge in [-0.25, -0.2) is 5.01 Å². The molecule has 2 aromatic rings. The molecule has 0 aliphatic heterocycles. The van der Waals surface area contributed by atoms with Crippen molar-refractivity contribution in [3.63, 3.8) is 0 Å². The van der Waals surface area contributed by atoms with E-state index in [4.69, 9.17) is 5.11 Å². The van der Waals surface area contributed by atoms with Gasteiger partial charge in [0.2, 0.25) is 5.91 Å². The molecule has 6 nitrogen and oxygen atoms in total. The third-order valence-corrected chi connectivity index (χ3v) is 4.04. The Labute approximate surface area is 153 Å². The van der Waals surface area contributed by atoms with Crippen molar-refractivity contribution in [1.29, 1.82) is 0 Å². The number of carbonyl (C=O) groups is 3. The molecule has 0 fully saturated rings. The normalized spacial score (nSPS) is 10.1. The van der Waals surface area contributed by atoms with E-state index in [0.29, 0.717) is 15.7 Å². The predicted molar refractivity (Wildman–Crippen MR) is 97.0 cm³/mol. The number of carboxylic acids is 1. The zero-order chi connectivity index (χ0) is 18.2. The number of nitrogens with one attached hydrogen (secondary N) is 1. The predicted octanol–water partition coefficient (Wildman–Crippen LogP) is 3.38. The number of nitrogens with zero attached hydrogens (tertiary/aromatic N) is 1. The zero-order valence-electron chi connectivity index (χ0n) is 13.3. The molecule has 0 bridgehead atoms. The van der Waals surface area contributed by atoms with Crippen LogP contribution in [0.25, 0.3) is 0 Å². The quantitative estimate of drug-likeness (QED) is 0.722. The molecule has 0 unspecified atom stereocenters. The van der Waals surface area contributed by atoms with Crippen molar-refractivity contribution in [2.75, 3.05) is 5.01 Å².